The third-order valence-corrected chi connectivity index (χ3v) is 5.72. The molecule has 2 atom stereocenters. The lowest BCUT2D eigenvalue weighted by molar-refractivity contribution is 0.119. The number of aromatic nitrogens is 1. The van der Waals surface area contributed by atoms with Gasteiger partial charge in [-0.1, -0.05) is 13.0 Å². The summed E-state index contributed by atoms with van der Waals surface area (Å²) in [6.07, 6.45) is 8.58. The van der Waals surface area contributed by atoms with Crippen molar-refractivity contribution in [3.05, 3.63) is 30.1 Å². The maximum Gasteiger partial charge on any atom is 0.317 e. The van der Waals surface area contributed by atoms with E-state index in [-0.39, 0.29) is 12.1 Å². The predicted octanol–water partition coefficient (Wildman–Crippen LogP) is 3.30. The molecule has 2 aliphatic rings. The molecule has 2 unspecified atom stereocenters. The molecular weight excluding hydrogens is 312 g/mol. The molecule has 3 rings (SSSR count). The van der Waals surface area contributed by atoms with Crippen LogP contribution in [0.5, 0.6) is 0 Å². The Morgan fingerprint density at radius 3 is 2.84 bits per heavy atom. The molecular formula is C20H32N4O. The third-order valence-electron chi connectivity index (χ3n) is 5.72. The lowest BCUT2D eigenvalue weighted by atomic mass is 9.94. The molecule has 0 saturated carbocycles. The molecule has 1 N–H and O–H groups in total. The van der Waals surface area contributed by atoms with Crippen LogP contribution in [-0.2, 0) is 0 Å². The van der Waals surface area contributed by atoms with Gasteiger partial charge in [0.2, 0.25) is 0 Å². The summed E-state index contributed by atoms with van der Waals surface area (Å²) in [5, 5.41) is 3.13. The first-order chi connectivity index (χ1) is 12.1. The minimum absolute atomic E-state index is 0.00911. The van der Waals surface area contributed by atoms with E-state index in [0.717, 1.165) is 37.5 Å². The van der Waals surface area contributed by atoms with E-state index in [2.05, 4.69) is 22.1 Å². The van der Waals surface area contributed by atoms with E-state index < -0.39 is 0 Å². The van der Waals surface area contributed by atoms with Gasteiger partial charge >= 0.3 is 6.03 Å². The topological polar surface area (TPSA) is 48.5 Å². The number of hydrogen-bond donors (Lipinski definition) is 1. The highest BCUT2D eigenvalue weighted by molar-refractivity contribution is 5.74. The summed E-state index contributed by atoms with van der Waals surface area (Å²) in [4.78, 5) is 21.4. The van der Waals surface area contributed by atoms with Crippen LogP contribution in [0.4, 0.5) is 4.79 Å². The van der Waals surface area contributed by atoms with Gasteiger partial charge in [-0.2, -0.15) is 0 Å². The second-order valence-corrected chi connectivity index (χ2v) is 7.89. The van der Waals surface area contributed by atoms with Crippen LogP contribution in [0.25, 0.3) is 0 Å². The minimum Gasteiger partial charge on any atom is -0.331 e. The number of carbonyl (C=O) groups excluding carboxylic acids is 1. The quantitative estimate of drug-likeness (QED) is 0.912. The number of likely N-dealkylation sites (tertiary alicyclic amines) is 2. The first-order valence-electron chi connectivity index (χ1n) is 9.79. The second kappa shape index (κ2) is 8.65. The van der Waals surface area contributed by atoms with Gasteiger partial charge in [0.1, 0.15) is 0 Å². The minimum atomic E-state index is -0.00911. The van der Waals surface area contributed by atoms with Gasteiger partial charge in [0.25, 0.3) is 0 Å². The molecule has 0 bridgehead atoms. The van der Waals surface area contributed by atoms with E-state index in [1.54, 1.807) is 6.20 Å². The van der Waals surface area contributed by atoms with Crippen molar-refractivity contribution in [1.29, 1.82) is 0 Å². The summed E-state index contributed by atoms with van der Waals surface area (Å²) in [7, 11) is 0. The van der Waals surface area contributed by atoms with Crippen molar-refractivity contribution in [3.63, 3.8) is 0 Å². The molecule has 0 radical (unpaired) electrons. The van der Waals surface area contributed by atoms with Crippen molar-refractivity contribution in [2.45, 2.75) is 45.6 Å². The SMILES string of the molecule is CC1CCN(CC2CCCN(C(=O)NC(C)c3cccnc3)C2)CC1. The predicted molar refractivity (Wildman–Crippen MR) is 100 cm³/mol. The molecule has 138 valence electrons. The van der Waals surface area contributed by atoms with Crippen molar-refractivity contribution in [3.8, 4) is 0 Å². The highest BCUT2D eigenvalue weighted by atomic mass is 16.2. The number of urea groups is 1. The summed E-state index contributed by atoms with van der Waals surface area (Å²) >= 11 is 0. The molecule has 2 saturated heterocycles. The molecule has 2 amide bonds. The van der Waals surface area contributed by atoms with Crippen molar-refractivity contribution in [1.82, 2.24) is 20.1 Å². The van der Waals surface area contributed by atoms with Crippen molar-refractivity contribution in [2.75, 3.05) is 32.7 Å². The van der Waals surface area contributed by atoms with Crippen LogP contribution in [0.3, 0.4) is 0 Å². The normalized spacial score (nSPS) is 24.1. The first-order valence-corrected chi connectivity index (χ1v) is 9.79. The van der Waals surface area contributed by atoms with E-state index in [4.69, 9.17) is 0 Å². The fraction of sp³-hybridized carbons (Fsp3) is 0.700. The number of carbonyl (C=O) groups is 1. The van der Waals surface area contributed by atoms with Crippen LogP contribution in [0, 0.1) is 11.8 Å². The number of nitrogens with one attached hydrogen (secondary N) is 1. The van der Waals surface area contributed by atoms with Crippen molar-refractivity contribution in [2.24, 2.45) is 11.8 Å². The number of pyridine rings is 1. The first kappa shape index (κ1) is 18.2. The zero-order valence-corrected chi connectivity index (χ0v) is 15.7. The van der Waals surface area contributed by atoms with Crippen LogP contribution in [0.15, 0.2) is 24.5 Å². The van der Waals surface area contributed by atoms with Gasteiger partial charge in [0.05, 0.1) is 6.04 Å². The maximum atomic E-state index is 12.6. The van der Waals surface area contributed by atoms with E-state index >= 15 is 0 Å². The molecule has 0 spiro atoms. The largest absolute Gasteiger partial charge is 0.331 e. The molecule has 25 heavy (non-hydrogen) atoms. The summed E-state index contributed by atoms with van der Waals surface area (Å²) < 4.78 is 0. The fourth-order valence-corrected chi connectivity index (χ4v) is 4.00. The molecule has 2 fully saturated rings. The standard InChI is InChI=1S/C20H32N4O/c1-16-7-11-23(12-8-16)14-18-5-4-10-24(15-18)20(25)22-17(2)19-6-3-9-21-13-19/h3,6,9,13,16-18H,4-5,7-8,10-12,14-15H2,1-2H3,(H,22,25). The summed E-state index contributed by atoms with van der Waals surface area (Å²) in [6, 6.07) is 3.97. The summed E-state index contributed by atoms with van der Waals surface area (Å²) in [5.74, 6) is 1.49. The maximum absolute atomic E-state index is 12.6. The van der Waals surface area contributed by atoms with Gasteiger partial charge in [-0.3, -0.25) is 4.98 Å². The van der Waals surface area contributed by atoms with Gasteiger partial charge in [0.15, 0.2) is 0 Å². The van der Waals surface area contributed by atoms with Gasteiger partial charge < -0.3 is 15.1 Å². The van der Waals surface area contributed by atoms with E-state index in [0.29, 0.717) is 5.92 Å². The van der Waals surface area contributed by atoms with Gasteiger partial charge in [0, 0.05) is 32.0 Å². The molecule has 5 heteroatoms. The molecule has 0 aromatic carbocycles. The Hall–Kier alpha value is -1.62. The van der Waals surface area contributed by atoms with Crippen molar-refractivity contribution >= 4 is 6.03 Å². The van der Waals surface area contributed by atoms with E-state index in [9.17, 15) is 4.79 Å². The smallest absolute Gasteiger partial charge is 0.317 e. The Balaban J connectivity index is 1.48. The van der Waals surface area contributed by atoms with Crippen LogP contribution in [0.2, 0.25) is 0 Å². The monoisotopic (exact) mass is 344 g/mol. The third kappa shape index (κ3) is 5.18. The van der Waals surface area contributed by atoms with Crippen LogP contribution in [-0.4, -0.2) is 53.5 Å². The second-order valence-electron chi connectivity index (χ2n) is 7.89. The van der Waals surface area contributed by atoms with Crippen LogP contribution < -0.4 is 5.32 Å². The number of rotatable bonds is 4. The molecule has 2 aliphatic heterocycles. The Bertz CT molecular complexity index is 542. The van der Waals surface area contributed by atoms with Crippen molar-refractivity contribution < 1.29 is 4.79 Å². The average Bonchev–Trinajstić information content (AvgIpc) is 2.64. The summed E-state index contributed by atoms with van der Waals surface area (Å²) in [5.41, 5.74) is 1.05. The Morgan fingerprint density at radius 2 is 2.12 bits per heavy atom. The lowest BCUT2D eigenvalue weighted by Crippen LogP contribution is -2.48. The molecule has 1 aromatic heterocycles. The zero-order chi connectivity index (χ0) is 17.6. The average molecular weight is 345 g/mol. The Kier molecular flexibility index (Phi) is 6.29. The molecule has 3 heterocycles. The molecule has 5 nitrogen and oxygen atoms in total. The highest BCUT2D eigenvalue weighted by Crippen LogP contribution is 2.22. The number of amides is 2. The Labute approximate surface area is 151 Å². The number of piperidine rings is 2. The molecule has 0 aliphatic carbocycles. The van der Waals surface area contributed by atoms with Gasteiger partial charge in [-0.25, -0.2) is 4.79 Å². The van der Waals surface area contributed by atoms with E-state index in [1.165, 1.54) is 32.4 Å². The van der Waals surface area contributed by atoms with Crippen LogP contribution >= 0.6 is 0 Å². The zero-order valence-electron chi connectivity index (χ0n) is 15.7. The lowest BCUT2D eigenvalue weighted by Gasteiger charge is -2.38. The van der Waals surface area contributed by atoms with Crippen LogP contribution in [0.1, 0.15) is 51.1 Å². The molecule has 1 aromatic rings. The fourth-order valence-electron chi connectivity index (χ4n) is 4.00. The van der Waals surface area contributed by atoms with E-state index in [1.807, 2.05) is 30.2 Å². The number of nitrogens with zero attached hydrogens (tertiary/aromatic N) is 3. The van der Waals surface area contributed by atoms with Gasteiger partial charge in [-0.05, 0) is 69.2 Å². The Morgan fingerprint density at radius 1 is 1.32 bits per heavy atom. The summed E-state index contributed by atoms with van der Waals surface area (Å²) in [6.45, 7) is 9.73. The highest BCUT2D eigenvalue weighted by Gasteiger charge is 2.27. The number of hydrogen-bond acceptors (Lipinski definition) is 3. The van der Waals surface area contributed by atoms with Gasteiger partial charge in [-0.15, -0.1) is 0 Å².